The van der Waals surface area contributed by atoms with E-state index in [1.54, 1.807) is 7.05 Å². The lowest BCUT2D eigenvalue weighted by molar-refractivity contribution is 0.578. The molecule has 0 aliphatic heterocycles. The molecule has 0 saturated heterocycles. The topological polar surface area (TPSA) is 82.9 Å². The number of nitrogens with zero attached hydrogens (tertiary/aromatic N) is 3. The Bertz CT molecular complexity index is 647. The van der Waals surface area contributed by atoms with Crippen molar-refractivity contribution in [3.8, 4) is 5.82 Å². The number of sulfonamides is 1. The van der Waals surface area contributed by atoms with Gasteiger partial charge in [0.25, 0.3) is 10.0 Å². The maximum absolute atomic E-state index is 11.3. The fraction of sp³-hybridized carbons (Fsp3) is 0.300. The maximum atomic E-state index is 11.3. The molecular weight excluding hydrogens is 240 g/mol. The molecule has 92 valence electrons. The Morgan fingerprint density at radius 2 is 1.76 bits per heavy atom. The molecule has 0 bridgehead atoms. The van der Waals surface area contributed by atoms with Crippen LogP contribution in [0.5, 0.6) is 0 Å². The smallest absolute Gasteiger partial charge is 0.255 e. The van der Waals surface area contributed by atoms with Crippen molar-refractivity contribution in [3.05, 3.63) is 29.6 Å². The van der Waals surface area contributed by atoms with Gasteiger partial charge in [-0.25, -0.2) is 13.6 Å². The van der Waals surface area contributed by atoms with Crippen LogP contribution in [0, 0.1) is 13.8 Å². The minimum atomic E-state index is -3.74. The molecule has 6 nitrogen and oxygen atoms in total. The Kier molecular flexibility index (Phi) is 2.59. The molecule has 2 N–H and O–H groups in total. The van der Waals surface area contributed by atoms with Crippen molar-refractivity contribution < 1.29 is 8.42 Å². The highest BCUT2D eigenvalue weighted by Gasteiger charge is 2.17. The Morgan fingerprint density at radius 3 is 2.18 bits per heavy atom. The number of hydrogen-bond donors (Lipinski definition) is 1. The second-order valence-corrected chi connectivity index (χ2v) is 5.47. The van der Waals surface area contributed by atoms with Gasteiger partial charge in [-0.2, -0.15) is 5.10 Å². The first kappa shape index (κ1) is 11.9. The van der Waals surface area contributed by atoms with Crippen molar-refractivity contribution >= 4 is 10.0 Å². The van der Waals surface area contributed by atoms with Gasteiger partial charge in [0, 0.05) is 24.5 Å². The first-order chi connectivity index (χ1) is 7.80. The summed E-state index contributed by atoms with van der Waals surface area (Å²) < 4.78 is 25.8. The van der Waals surface area contributed by atoms with E-state index < -0.39 is 10.0 Å². The van der Waals surface area contributed by atoms with Gasteiger partial charge in [-0.1, -0.05) is 0 Å². The van der Waals surface area contributed by atoms with E-state index in [0.717, 1.165) is 11.4 Å². The van der Waals surface area contributed by atoms with Crippen LogP contribution in [0.1, 0.15) is 11.4 Å². The predicted octanol–water partition coefficient (Wildman–Crippen LogP) is 0.475. The second-order valence-electron chi connectivity index (χ2n) is 3.96. The molecule has 2 heterocycles. The number of primary sulfonamides is 1. The molecule has 0 atom stereocenters. The summed E-state index contributed by atoms with van der Waals surface area (Å²) in [5.41, 5.74) is 1.98. The quantitative estimate of drug-likeness (QED) is 0.845. The molecule has 2 aromatic rings. The van der Waals surface area contributed by atoms with E-state index in [1.165, 1.54) is 10.7 Å². The van der Waals surface area contributed by atoms with E-state index in [0.29, 0.717) is 5.82 Å². The van der Waals surface area contributed by atoms with Crippen LogP contribution < -0.4 is 5.14 Å². The molecule has 0 saturated carbocycles. The van der Waals surface area contributed by atoms with Gasteiger partial charge in [-0.05, 0) is 26.0 Å². The molecule has 0 unspecified atom stereocenters. The van der Waals surface area contributed by atoms with Crippen LogP contribution in [-0.4, -0.2) is 22.8 Å². The number of hydrogen-bond acceptors (Lipinski definition) is 3. The highest BCUT2D eigenvalue weighted by Crippen LogP contribution is 2.17. The summed E-state index contributed by atoms with van der Waals surface area (Å²) in [6.07, 6.45) is 0. The maximum Gasteiger partial charge on any atom is 0.255 e. The molecule has 0 radical (unpaired) electrons. The lowest BCUT2D eigenvalue weighted by Crippen LogP contribution is -2.16. The zero-order chi connectivity index (χ0) is 12.8. The van der Waals surface area contributed by atoms with Gasteiger partial charge in [0.05, 0.1) is 0 Å². The van der Waals surface area contributed by atoms with Gasteiger partial charge in [0.2, 0.25) is 0 Å². The monoisotopic (exact) mass is 254 g/mol. The van der Waals surface area contributed by atoms with E-state index in [-0.39, 0.29) is 5.03 Å². The summed E-state index contributed by atoms with van der Waals surface area (Å²) in [5, 5.41) is 9.26. The van der Waals surface area contributed by atoms with Gasteiger partial charge in [-0.3, -0.25) is 4.68 Å². The van der Waals surface area contributed by atoms with E-state index in [2.05, 4.69) is 5.10 Å². The molecule has 0 aliphatic rings. The van der Waals surface area contributed by atoms with Gasteiger partial charge in [-0.15, -0.1) is 0 Å². The summed E-state index contributed by atoms with van der Waals surface area (Å²) in [5.74, 6) is 0.552. The second kappa shape index (κ2) is 3.71. The van der Waals surface area contributed by atoms with Crippen LogP contribution in [0.2, 0.25) is 0 Å². The van der Waals surface area contributed by atoms with Crippen molar-refractivity contribution in [3.63, 3.8) is 0 Å². The Hall–Kier alpha value is -1.60. The van der Waals surface area contributed by atoms with E-state index in [4.69, 9.17) is 5.14 Å². The number of rotatable bonds is 2. The standard InChI is InChI=1S/C10H14N4O2S/c1-7-4-5-8(2)14(7)9-6-10(13(3)12-9)17(11,15)16/h4-6H,1-3H3,(H2,11,15,16). The average Bonchev–Trinajstić information content (AvgIpc) is 2.69. The minimum absolute atomic E-state index is 0.000000000000000444. The van der Waals surface area contributed by atoms with Crippen LogP contribution in [0.25, 0.3) is 5.82 Å². The third kappa shape index (κ3) is 1.98. The van der Waals surface area contributed by atoms with E-state index in [9.17, 15) is 8.42 Å². The highest BCUT2D eigenvalue weighted by molar-refractivity contribution is 7.89. The van der Waals surface area contributed by atoms with Gasteiger partial charge >= 0.3 is 0 Å². The first-order valence-electron chi connectivity index (χ1n) is 5.03. The zero-order valence-corrected chi connectivity index (χ0v) is 10.7. The van der Waals surface area contributed by atoms with Crippen molar-refractivity contribution in [2.75, 3.05) is 0 Å². The Morgan fingerprint density at radius 1 is 1.24 bits per heavy atom. The molecule has 0 aromatic carbocycles. The summed E-state index contributed by atoms with van der Waals surface area (Å²) in [7, 11) is -2.19. The summed E-state index contributed by atoms with van der Waals surface area (Å²) in [6, 6.07) is 5.36. The summed E-state index contributed by atoms with van der Waals surface area (Å²) in [4.78, 5) is 0. The number of aromatic nitrogens is 3. The van der Waals surface area contributed by atoms with Crippen molar-refractivity contribution in [1.82, 2.24) is 14.3 Å². The molecule has 2 rings (SSSR count). The lowest BCUT2D eigenvalue weighted by Gasteiger charge is -2.03. The third-order valence-electron chi connectivity index (χ3n) is 2.62. The molecule has 0 fully saturated rings. The van der Waals surface area contributed by atoms with E-state index in [1.807, 2.05) is 30.5 Å². The molecule has 0 spiro atoms. The largest absolute Gasteiger partial charge is 0.302 e. The first-order valence-corrected chi connectivity index (χ1v) is 6.57. The zero-order valence-electron chi connectivity index (χ0n) is 9.88. The normalized spacial score (nSPS) is 12.0. The SMILES string of the molecule is Cc1ccc(C)n1-c1cc(S(N)(=O)=O)n(C)n1. The average molecular weight is 254 g/mol. The predicted molar refractivity (Wildman–Crippen MR) is 63.4 cm³/mol. The Balaban J connectivity index is 2.64. The van der Waals surface area contributed by atoms with Gasteiger partial charge < -0.3 is 4.57 Å². The van der Waals surface area contributed by atoms with Crippen LogP contribution in [0.3, 0.4) is 0 Å². The summed E-state index contributed by atoms with van der Waals surface area (Å²) >= 11 is 0. The van der Waals surface area contributed by atoms with Gasteiger partial charge in [0.1, 0.15) is 0 Å². The Labute approximate surface area is 99.7 Å². The molecule has 17 heavy (non-hydrogen) atoms. The molecule has 0 amide bonds. The van der Waals surface area contributed by atoms with Crippen LogP contribution >= 0.6 is 0 Å². The summed E-state index contributed by atoms with van der Waals surface area (Å²) in [6.45, 7) is 3.86. The van der Waals surface area contributed by atoms with Crippen LogP contribution in [-0.2, 0) is 17.1 Å². The van der Waals surface area contributed by atoms with Crippen molar-refractivity contribution in [2.24, 2.45) is 12.2 Å². The van der Waals surface area contributed by atoms with Gasteiger partial charge in [0.15, 0.2) is 10.8 Å². The van der Waals surface area contributed by atoms with Crippen LogP contribution in [0.4, 0.5) is 0 Å². The molecular formula is C10H14N4O2S. The van der Waals surface area contributed by atoms with Crippen molar-refractivity contribution in [1.29, 1.82) is 0 Å². The molecule has 7 heteroatoms. The fourth-order valence-electron chi connectivity index (χ4n) is 1.84. The molecule has 0 aliphatic carbocycles. The number of nitrogens with two attached hydrogens (primary N) is 1. The number of aryl methyl sites for hydroxylation is 3. The highest BCUT2D eigenvalue weighted by atomic mass is 32.2. The fourth-order valence-corrected chi connectivity index (χ4v) is 2.52. The molecule has 2 aromatic heterocycles. The minimum Gasteiger partial charge on any atom is -0.302 e. The van der Waals surface area contributed by atoms with Crippen molar-refractivity contribution in [2.45, 2.75) is 18.9 Å². The third-order valence-corrected chi connectivity index (χ3v) is 3.58. The van der Waals surface area contributed by atoms with Crippen LogP contribution in [0.15, 0.2) is 23.2 Å². The lowest BCUT2D eigenvalue weighted by atomic mass is 10.5. The van der Waals surface area contributed by atoms with E-state index >= 15 is 0 Å².